The lowest BCUT2D eigenvalue weighted by Gasteiger charge is -2.26. The first kappa shape index (κ1) is 12.2. The van der Waals surface area contributed by atoms with Crippen LogP contribution in [0.3, 0.4) is 0 Å². The Morgan fingerprint density at radius 3 is 2.82 bits per heavy atom. The first-order valence-corrected chi connectivity index (χ1v) is 6.42. The second-order valence-corrected chi connectivity index (χ2v) is 5.39. The number of fused-ring (bicyclic) bond motifs is 1. The van der Waals surface area contributed by atoms with Crippen molar-refractivity contribution in [1.29, 1.82) is 0 Å². The third kappa shape index (κ3) is 3.10. The highest BCUT2D eigenvalue weighted by molar-refractivity contribution is 5.79. The molecule has 0 fully saturated rings. The van der Waals surface area contributed by atoms with Crippen molar-refractivity contribution in [2.45, 2.75) is 45.7 Å². The standard InChI is InChI=1S/C15H22N2/c1-4-8-15(2,3)17-11-12-5-6-13-7-9-16-14(13)10-12/h5-7,9-10,16-17H,4,8,11H2,1-3H3. The van der Waals surface area contributed by atoms with Crippen LogP contribution in [0.4, 0.5) is 0 Å². The molecule has 0 bridgehead atoms. The van der Waals surface area contributed by atoms with E-state index >= 15 is 0 Å². The lowest BCUT2D eigenvalue weighted by atomic mass is 9.98. The van der Waals surface area contributed by atoms with Gasteiger partial charge in [0.2, 0.25) is 0 Å². The molecule has 0 aliphatic heterocycles. The van der Waals surface area contributed by atoms with Gasteiger partial charge in [0.15, 0.2) is 0 Å². The maximum Gasteiger partial charge on any atom is 0.0457 e. The predicted molar refractivity (Wildman–Crippen MR) is 74.1 cm³/mol. The fourth-order valence-electron chi connectivity index (χ4n) is 2.26. The number of rotatable bonds is 5. The fourth-order valence-corrected chi connectivity index (χ4v) is 2.26. The van der Waals surface area contributed by atoms with Crippen molar-refractivity contribution < 1.29 is 0 Å². The van der Waals surface area contributed by atoms with E-state index in [1.165, 1.54) is 29.3 Å². The van der Waals surface area contributed by atoms with Gasteiger partial charge in [-0.1, -0.05) is 25.5 Å². The maximum atomic E-state index is 3.62. The van der Waals surface area contributed by atoms with Gasteiger partial charge in [-0.25, -0.2) is 0 Å². The van der Waals surface area contributed by atoms with Gasteiger partial charge in [0.05, 0.1) is 0 Å². The molecule has 1 aromatic carbocycles. The van der Waals surface area contributed by atoms with Crippen LogP contribution < -0.4 is 5.32 Å². The molecule has 92 valence electrons. The monoisotopic (exact) mass is 230 g/mol. The first-order valence-electron chi connectivity index (χ1n) is 6.42. The van der Waals surface area contributed by atoms with Crippen LogP contribution in [0.5, 0.6) is 0 Å². The Bertz CT molecular complexity index is 482. The SMILES string of the molecule is CCCC(C)(C)NCc1ccc2cc[nH]c2c1. The summed E-state index contributed by atoms with van der Waals surface area (Å²) in [5.74, 6) is 0. The lowest BCUT2D eigenvalue weighted by molar-refractivity contribution is 0.357. The molecule has 0 aliphatic rings. The quantitative estimate of drug-likeness (QED) is 0.802. The highest BCUT2D eigenvalue weighted by atomic mass is 14.9. The van der Waals surface area contributed by atoms with E-state index in [1.807, 2.05) is 6.20 Å². The zero-order chi connectivity index (χ0) is 12.3. The summed E-state index contributed by atoms with van der Waals surface area (Å²) in [5.41, 5.74) is 2.78. The van der Waals surface area contributed by atoms with Gasteiger partial charge in [-0.3, -0.25) is 0 Å². The fraction of sp³-hybridized carbons (Fsp3) is 0.467. The van der Waals surface area contributed by atoms with Crippen LogP contribution in [-0.2, 0) is 6.54 Å². The lowest BCUT2D eigenvalue weighted by Crippen LogP contribution is -2.38. The summed E-state index contributed by atoms with van der Waals surface area (Å²) in [4.78, 5) is 3.25. The molecule has 0 saturated carbocycles. The molecular weight excluding hydrogens is 208 g/mol. The molecule has 17 heavy (non-hydrogen) atoms. The molecule has 0 amide bonds. The molecule has 0 atom stereocenters. The molecule has 1 aromatic heterocycles. The maximum absolute atomic E-state index is 3.62. The number of benzene rings is 1. The van der Waals surface area contributed by atoms with Crippen molar-refractivity contribution >= 4 is 10.9 Å². The molecule has 0 spiro atoms. The summed E-state index contributed by atoms with van der Waals surface area (Å²) in [6.45, 7) is 7.70. The van der Waals surface area contributed by atoms with Gasteiger partial charge in [-0.05, 0) is 43.4 Å². The highest BCUT2D eigenvalue weighted by Crippen LogP contribution is 2.16. The van der Waals surface area contributed by atoms with Gasteiger partial charge < -0.3 is 10.3 Å². The second-order valence-electron chi connectivity index (χ2n) is 5.39. The summed E-state index contributed by atoms with van der Waals surface area (Å²) >= 11 is 0. The largest absolute Gasteiger partial charge is 0.361 e. The van der Waals surface area contributed by atoms with Gasteiger partial charge in [0.25, 0.3) is 0 Å². The van der Waals surface area contributed by atoms with Gasteiger partial charge in [0.1, 0.15) is 0 Å². The predicted octanol–water partition coefficient (Wildman–Crippen LogP) is 3.84. The highest BCUT2D eigenvalue weighted by Gasteiger charge is 2.14. The van der Waals surface area contributed by atoms with Crippen LogP contribution >= 0.6 is 0 Å². The minimum Gasteiger partial charge on any atom is -0.361 e. The van der Waals surface area contributed by atoms with Crippen LogP contribution in [0.15, 0.2) is 30.5 Å². The Labute approximate surface area is 103 Å². The summed E-state index contributed by atoms with van der Waals surface area (Å²) < 4.78 is 0. The van der Waals surface area contributed by atoms with E-state index in [0.717, 1.165) is 6.54 Å². The Kier molecular flexibility index (Phi) is 3.53. The van der Waals surface area contributed by atoms with E-state index in [-0.39, 0.29) is 5.54 Å². The second kappa shape index (κ2) is 4.92. The molecule has 0 radical (unpaired) electrons. The molecule has 2 heteroatoms. The number of hydrogen-bond acceptors (Lipinski definition) is 1. The Morgan fingerprint density at radius 1 is 1.24 bits per heavy atom. The Morgan fingerprint density at radius 2 is 2.06 bits per heavy atom. The number of H-pyrrole nitrogens is 1. The number of nitrogens with one attached hydrogen (secondary N) is 2. The molecular formula is C15H22N2. The zero-order valence-electron chi connectivity index (χ0n) is 11.0. The van der Waals surface area contributed by atoms with Crippen molar-refractivity contribution in [1.82, 2.24) is 10.3 Å². The third-order valence-electron chi connectivity index (χ3n) is 3.27. The topological polar surface area (TPSA) is 27.8 Å². The number of aromatic amines is 1. The molecule has 0 saturated heterocycles. The van der Waals surface area contributed by atoms with E-state index in [1.54, 1.807) is 0 Å². The van der Waals surface area contributed by atoms with Crippen LogP contribution in [0.1, 0.15) is 39.2 Å². The molecule has 2 rings (SSSR count). The van der Waals surface area contributed by atoms with Crippen molar-refractivity contribution in [3.05, 3.63) is 36.0 Å². The number of aromatic nitrogens is 1. The number of hydrogen-bond donors (Lipinski definition) is 2. The van der Waals surface area contributed by atoms with Gasteiger partial charge >= 0.3 is 0 Å². The van der Waals surface area contributed by atoms with Crippen molar-refractivity contribution in [3.63, 3.8) is 0 Å². The average Bonchev–Trinajstić information content (AvgIpc) is 2.73. The van der Waals surface area contributed by atoms with E-state index in [4.69, 9.17) is 0 Å². The van der Waals surface area contributed by atoms with Crippen LogP contribution in [-0.4, -0.2) is 10.5 Å². The molecule has 2 N–H and O–H groups in total. The van der Waals surface area contributed by atoms with E-state index < -0.39 is 0 Å². The Hall–Kier alpha value is -1.28. The van der Waals surface area contributed by atoms with E-state index in [0.29, 0.717) is 0 Å². The summed E-state index contributed by atoms with van der Waals surface area (Å²) in [7, 11) is 0. The zero-order valence-corrected chi connectivity index (χ0v) is 11.0. The first-order chi connectivity index (χ1) is 8.11. The summed E-state index contributed by atoms with van der Waals surface area (Å²) in [6.07, 6.45) is 4.41. The minimum absolute atomic E-state index is 0.222. The van der Waals surface area contributed by atoms with E-state index in [2.05, 4.69) is 55.3 Å². The molecule has 0 unspecified atom stereocenters. The van der Waals surface area contributed by atoms with Crippen LogP contribution in [0.2, 0.25) is 0 Å². The average molecular weight is 230 g/mol. The normalized spacial score (nSPS) is 12.2. The Balaban J connectivity index is 2.03. The molecule has 2 aromatic rings. The summed E-state index contributed by atoms with van der Waals surface area (Å²) in [6, 6.07) is 8.71. The molecule has 0 aliphatic carbocycles. The summed E-state index contributed by atoms with van der Waals surface area (Å²) in [5, 5.41) is 4.90. The minimum atomic E-state index is 0.222. The van der Waals surface area contributed by atoms with Crippen molar-refractivity contribution in [2.75, 3.05) is 0 Å². The van der Waals surface area contributed by atoms with Crippen LogP contribution in [0.25, 0.3) is 10.9 Å². The van der Waals surface area contributed by atoms with Crippen LogP contribution in [0, 0.1) is 0 Å². The molecule has 2 nitrogen and oxygen atoms in total. The van der Waals surface area contributed by atoms with Gasteiger partial charge in [-0.2, -0.15) is 0 Å². The van der Waals surface area contributed by atoms with E-state index in [9.17, 15) is 0 Å². The van der Waals surface area contributed by atoms with Gasteiger partial charge in [-0.15, -0.1) is 0 Å². The smallest absolute Gasteiger partial charge is 0.0457 e. The van der Waals surface area contributed by atoms with Crippen molar-refractivity contribution in [2.24, 2.45) is 0 Å². The third-order valence-corrected chi connectivity index (χ3v) is 3.27. The van der Waals surface area contributed by atoms with Crippen molar-refractivity contribution in [3.8, 4) is 0 Å². The van der Waals surface area contributed by atoms with Gasteiger partial charge in [0, 0.05) is 23.8 Å². The molecule has 1 heterocycles.